The molecule has 1 amide bonds. The zero-order chi connectivity index (χ0) is 15.1. The molecule has 3 heteroatoms. The van der Waals surface area contributed by atoms with Crippen LogP contribution in [0, 0.1) is 22.7 Å². The van der Waals surface area contributed by atoms with Crippen LogP contribution in [0.3, 0.4) is 0 Å². The summed E-state index contributed by atoms with van der Waals surface area (Å²) >= 11 is 0. The van der Waals surface area contributed by atoms with Crippen LogP contribution in [0.2, 0.25) is 0 Å². The molecule has 0 heterocycles. The normalized spacial score (nSPS) is 36.4. The highest BCUT2D eigenvalue weighted by Crippen LogP contribution is 2.65. The van der Waals surface area contributed by atoms with E-state index in [-0.39, 0.29) is 17.4 Å². The molecular formula is C17H31NO2. The number of amides is 1. The fourth-order valence-electron chi connectivity index (χ4n) is 4.12. The lowest BCUT2D eigenvalue weighted by molar-refractivity contribution is -0.134. The largest absolute Gasteiger partial charge is 0.368 e. The summed E-state index contributed by atoms with van der Waals surface area (Å²) in [5.41, 5.74) is 0.581. The first-order chi connectivity index (χ1) is 9.18. The maximum atomic E-state index is 12.3. The molecule has 4 atom stereocenters. The predicted molar refractivity (Wildman–Crippen MR) is 81.4 cm³/mol. The molecule has 0 aromatic heterocycles. The predicted octanol–water partition coefficient (Wildman–Crippen LogP) is 3.38. The Morgan fingerprint density at radius 2 is 1.95 bits per heavy atom. The molecule has 0 aromatic carbocycles. The minimum atomic E-state index is -0.344. The standard InChI is InChI=1S/C17H31NO2/c1-11(2)10-20-12(3)15(19)18-14-9-13-7-8-17(14,6)16(13,4)5/h11-14H,7-10H2,1-6H3,(H,18,19). The molecule has 4 unspecified atom stereocenters. The third-order valence-corrected chi connectivity index (χ3v) is 6.16. The van der Waals surface area contributed by atoms with Crippen molar-refractivity contribution >= 4 is 5.91 Å². The van der Waals surface area contributed by atoms with Crippen LogP contribution in [0.4, 0.5) is 0 Å². The Balaban J connectivity index is 1.93. The number of carbonyl (C=O) groups excluding carboxylic acids is 1. The van der Waals surface area contributed by atoms with E-state index < -0.39 is 0 Å². The van der Waals surface area contributed by atoms with E-state index in [0.29, 0.717) is 24.0 Å². The van der Waals surface area contributed by atoms with Crippen LogP contribution >= 0.6 is 0 Å². The van der Waals surface area contributed by atoms with Crippen LogP contribution in [0.1, 0.15) is 60.8 Å². The van der Waals surface area contributed by atoms with Crippen molar-refractivity contribution < 1.29 is 9.53 Å². The summed E-state index contributed by atoms with van der Waals surface area (Å²) in [6.45, 7) is 13.8. The molecule has 2 fully saturated rings. The summed E-state index contributed by atoms with van der Waals surface area (Å²) < 4.78 is 5.63. The van der Waals surface area contributed by atoms with Gasteiger partial charge in [-0.15, -0.1) is 0 Å². The summed E-state index contributed by atoms with van der Waals surface area (Å²) in [6.07, 6.45) is 3.33. The lowest BCUT2D eigenvalue weighted by atomic mass is 9.69. The van der Waals surface area contributed by atoms with Crippen LogP contribution in [-0.4, -0.2) is 24.7 Å². The van der Waals surface area contributed by atoms with E-state index in [1.807, 2.05) is 6.92 Å². The highest BCUT2D eigenvalue weighted by molar-refractivity contribution is 5.80. The maximum absolute atomic E-state index is 12.3. The number of hydrogen-bond acceptors (Lipinski definition) is 2. The Kier molecular flexibility index (Phi) is 4.21. The monoisotopic (exact) mass is 281 g/mol. The number of nitrogens with one attached hydrogen (secondary N) is 1. The van der Waals surface area contributed by atoms with Gasteiger partial charge in [0.05, 0.1) is 0 Å². The third kappa shape index (κ3) is 2.49. The highest BCUT2D eigenvalue weighted by atomic mass is 16.5. The van der Waals surface area contributed by atoms with Gasteiger partial charge >= 0.3 is 0 Å². The van der Waals surface area contributed by atoms with Gasteiger partial charge in [0.2, 0.25) is 5.91 Å². The molecule has 1 N–H and O–H groups in total. The summed E-state index contributed by atoms with van der Waals surface area (Å²) in [5, 5.41) is 3.27. The molecule has 3 nitrogen and oxygen atoms in total. The number of rotatable bonds is 5. The second-order valence-corrected chi connectivity index (χ2v) is 8.04. The van der Waals surface area contributed by atoms with Gasteiger partial charge in [0.1, 0.15) is 6.10 Å². The van der Waals surface area contributed by atoms with Gasteiger partial charge in [-0.05, 0) is 48.9 Å². The Morgan fingerprint density at radius 3 is 2.40 bits per heavy atom. The molecule has 0 aliphatic heterocycles. The lowest BCUT2D eigenvalue weighted by Gasteiger charge is -2.39. The molecule has 2 aliphatic carbocycles. The van der Waals surface area contributed by atoms with Crippen molar-refractivity contribution in [3.8, 4) is 0 Å². The quantitative estimate of drug-likeness (QED) is 0.839. The number of fused-ring (bicyclic) bond motifs is 2. The second-order valence-electron chi connectivity index (χ2n) is 8.04. The molecule has 0 aromatic rings. The van der Waals surface area contributed by atoms with Crippen molar-refractivity contribution in [3.05, 3.63) is 0 Å². The van der Waals surface area contributed by atoms with E-state index in [0.717, 1.165) is 12.3 Å². The first-order valence-electron chi connectivity index (χ1n) is 8.10. The Hall–Kier alpha value is -0.570. The van der Waals surface area contributed by atoms with E-state index >= 15 is 0 Å². The zero-order valence-electron chi connectivity index (χ0n) is 14.0. The molecular weight excluding hydrogens is 250 g/mol. The second kappa shape index (κ2) is 5.32. The van der Waals surface area contributed by atoms with Crippen LogP contribution in [0.25, 0.3) is 0 Å². The van der Waals surface area contributed by atoms with E-state index in [1.165, 1.54) is 12.8 Å². The number of carbonyl (C=O) groups is 1. The zero-order valence-corrected chi connectivity index (χ0v) is 14.0. The van der Waals surface area contributed by atoms with Crippen LogP contribution in [0.15, 0.2) is 0 Å². The third-order valence-electron chi connectivity index (χ3n) is 6.16. The maximum Gasteiger partial charge on any atom is 0.249 e. The van der Waals surface area contributed by atoms with Gasteiger partial charge in [0.15, 0.2) is 0 Å². The summed E-state index contributed by atoms with van der Waals surface area (Å²) in [4.78, 5) is 12.3. The van der Waals surface area contributed by atoms with Crippen LogP contribution in [0.5, 0.6) is 0 Å². The molecule has 2 aliphatic rings. The highest BCUT2D eigenvalue weighted by Gasteiger charge is 2.61. The molecule has 0 spiro atoms. The minimum Gasteiger partial charge on any atom is -0.368 e. The van der Waals surface area contributed by atoms with Gasteiger partial charge in [-0.3, -0.25) is 4.79 Å². The van der Waals surface area contributed by atoms with Gasteiger partial charge in [0, 0.05) is 12.6 Å². The smallest absolute Gasteiger partial charge is 0.249 e. The Bertz CT molecular complexity index is 377. The van der Waals surface area contributed by atoms with Crippen molar-refractivity contribution in [3.63, 3.8) is 0 Å². The van der Waals surface area contributed by atoms with Gasteiger partial charge in [-0.25, -0.2) is 0 Å². The summed E-state index contributed by atoms with van der Waals surface area (Å²) in [7, 11) is 0. The number of ether oxygens (including phenoxy) is 1. The van der Waals surface area contributed by atoms with E-state index in [9.17, 15) is 4.79 Å². The molecule has 2 bridgehead atoms. The van der Waals surface area contributed by atoms with Crippen molar-refractivity contribution in [2.75, 3.05) is 6.61 Å². The molecule has 116 valence electrons. The fraction of sp³-hybridized carbons (Fsp3) is 0.941. The summed E-state index contributed by atoms with van der Waals surface area (Å²) in [5.74, 6) is 1.27. The van der Waals surface area contributed by atoms with Gasteiger partial charge < -0.3 is 10.1 Å². The van der Waals surface area contributed by atoms with Crippen molar-refractivity contribution in [2.24, 2.45) is 22.7 Å². The average Bonchev–Trinajstić information content (AvgIpc) is 2.68. The van der Waals surface area contributed by atoms with Crippen LogP contribution in [-0.2, 0) is 9.53 Å². The topological polar surface area (TPSA) is 38.3 Å². The van der Waals surface area contributed by atoms with Crippen LogP contribution < -0.4 is 5.32 Å². The molecule has 0 saturated heterocycles. The molecule has 2 saturated carbocycles. The lowest BCUT2D eigenvalue weighted by Crippen LogP contribution is -2.49. The van der Waals surface area contributed by atoms with Crippen molar-refractivity contribution in [2.45, 2.75) is 73.0 Å². The minimum absolute atomic E-state index is 0.0558. The SMILES string of the molecule is CC(C)COC(C)C(=O)NC1CC2CCC1(C)C2(C)C. The van der Waals surface area contributed by atoms with E-state index in [1.54, 1.807) is 0 Å². The van der Waals surface area contributed by atoms with Gasteiger partial charge in [-0.2, -0.15) is 0 Å². The van der Waals surface area contributed by atoms with E-state index in [4.69, 9.17) is 4.74 Å². The average molecular weight is 281 g/mol. The van der Waals surface area contributed by atoms with Gasteiger partial charge in [-0.1, -0.05) is 34.6 Å². The first-order valence-corrected chi connectivity index (χ1v) is 8.10. The molecule has 2 rings (SSSR count). The molecule has 20 heavy (non-hydrogen) atoms. The van der Waals surface area contributed by atoms with Crippen molar-refractivity contribution in [1.82, 2.24) is 5.32 Å². The van der Waals surface area contributed by atoms with E-state index in [2.05, 4.69) is 39.9 Å². The Labute approximate surface area is 123 Å². The fourth-order valence-corrected chi connectivity index (χ4v) is 4.12. The summed E-state index contributed by atoms with van der Waals surface area (Å²) in [6, 6.07) is 0.314. The van der Waals surface area contributed by atoms with Gasteiger partial charge in [0.25, 0.3) is 0 Å². The first kappa shape index (κ1) is 15.8. The molecule has 0 radical (unpaired) electrons. The Morgan fingerprint density at radius 1 is 1.30 bits per heavy atom. The van der Waals surface area contributed by atoms with Crippen molar-refractivity contribution in [1.29, 1.82) is 0 Å². The number of hydrogen-bond donors (Lipinski definition) is 1.